The molecule has 0 aliphatic carbocycles. The van der Waals surface area contributed by atoms with Crippen molar-refractivity contribution in [3.8, 4) is 5.75 Å². The standard InChI is InChI=1S/C16H17NOS/c1-19-15-5-3-2-4-13(15)16(17)12-6-7-14-11(10-12)8-9-18-14/h2-7,10,16H,8-9,17H2,1H3. The molecular formula is C16H17NOS. The van der Waals surface area contributed by atoms with Gasteiger partial charge >= 0.3 is 0 Å². The molecule has 0 bridgehead atoms. The summed E-state index contributed by atoms with van der Waals surface area (Å²) in [5.41, 5.74) is 10.1. The van der Waals surface area contributed by atoms with E-state index in [0.717, 1.165) is 24.3 Å². The third kappa shape index (κ3) is 2.36. The van der Waals surface area contributed by atoms with Crippen LogP contribution >= 0.6 is 11.8 Å². The van der Waals surface area contributed by atoms with Crippen LogP contribution in [0.1, 0.15) is 22.7 Å². The van der Waals surface area contributed by atoms with Crippen LogP contribution in [0.5, 0.6) is 5.75 Å². The molecule has 3 heteroatoms. The summed E-state index contributed by atoms with van der Waals surface area (Å²) in [4.78, 5) is 1.24. The largest absolute Gasteiger partial charge is 0.493 e. The van der Waals surface area contributed by atoms with Crippen LogP contribution in [-0.2, 0) is 6.42 Å². The van der Waals surface area contributed by atoms with E-state index in [0.29, 0.717) is 0 Å². The van der Waals surface area contributed by atoms with Crippen LogP contribution < -0.4 is 10.5 Å². The first-order valence-corrected chi connectivity index (χ1v) is 7.66. The van der Waals surface area contributed by atoms with Crippen LogP contribution in [0, 0.1) is 0 Å². The van der Waals surface area contributed by atoms with Gasteiger partial charge in [-0.25, -0.2) is 0 Å². The van der Waals surface area contributed by atoms with Gasteiger partial charge in [-0.05, 0) is 35.1 Å². The van der Waals surface area contributed by atoms with E-state index in [2.05, 4.69) is 36.6 Å². The fourth-order valence-corrected chi connectivity index (χ4v) is 3.15. The molecule has 0 fully saturated rings. The van der Waals surface area contributed by atoms with Gasteiger partial charge < -0.3 is 10.5 Å². The lowest BCUT2D eigenvalue weighted by Gasteiger charge is -2.16. The average molecular weight is 271 g/mol. The first kappa shape index (κ1) is 12.6. The Bertz CT molecular complexity index is 597. The maximum Gasteiger partial charge on any atom is 0.122 e. The Balaban J connectivity index is 1.97. The number of fused-ring (bicyclic) bond motifs is 1. The summed E-state index contributed by atoms with van der Waals surface area (Å²) in [5, 5.41) is 0. The van der Waals surface area contributed by atoms with Gasteiger partial charge in [0, 0.05) is 11.3 Å². The van der Waals surface area contributed by atoms with E-state index in [1.54, 1.807) is 11.8 Å². The monoisotopic (exact) mass is 271 g/mol. The van der Waals surface area contributed by atoms with Gasteiger partial charge in [-0.15, -0.1) is 11.8 Å². The molecule has 2 N–H and O–H groups in total. The predicted molar refractivity (Wildman–Crippen MR) is 79.9 cm³/mol. The molecule has 0 spiro atoms. The Morgan fingerprint density at radius 3 is 2.89 bits per heavy atom. The van der Waals surface area contributed by atoms with Crippen LogP contribution in [0.3, 0.4) is 0 Å². The molecular weight excluding hydrogens is 254 g/mol. The number of rotatable bonds is 3. The summed E-state index contributed by atoms with van der Waals surface area (Å²) in [6.07, 6.45) is 3.07. The van der Waals surface area contributed by atoms with Gasteiger partial charge in [0.1, 0.15) is 5.75 Å². The highest BCUT2D eigenvalue weighted by atomic mass is 32.2. The van der Waals surface area contributed by atoms with Crippen molar-refractivity contribution < 1.29 is 4.74 Å². The molecule has 0 amide bonds. The fraction of sp³-hybridized carbons (Fsp3) is 0.250. The zero-order valence-corrected chi connectivity index (χ0v) is 11.7. The minimum absolute atomic E-state index is 0.0745. The van der Waals surface area contributed by atoms with Crippen molar-refractivity contribution in [3.63, 3.8) is 0 Å². The van der Waals surface area contributed by atoms with Gasteiger partial charge in [0.25, 0.3) is 0 Å². The first-order valence-electron chi connectivity index (χ1n) is 6.43. The molecule has 2 nitrogen and oxygen atoms in total. The zero-order chi connectivity index (χ0) is 13.2. The molecule has 1 unspecified atom stereocenters. The molecule has 1 aliphatic rings. The molecule has 1 heterocycles. The fourth-order valence-electron chi connectivity index (χ4n) is 2.50. The Kier molecular flexibility index (Phi) is 3.49. The number of ether oxygens (including phenoxy) is 1. The van der Waals surface area contributed by atoms with E-state index < -0.39 is 0 Å². The molecule has 2 aromatic rings. The van der Waals surface area contributed by atoms with Gasteiger partial charge in [0.05, 0.1) is 12.6 Å². The highest BCUT2D eigenvalue weighted by molar-refractivity contribution is 7.98. The van der Waals surface area contributed by atoms with Crippen LogP contribution in [0.2, 0.25) is 0 Å². The second-order valence-electron chi connectivity index (χ2n) is 4.69. The highest BCUT2D eigenvalue weighted by Gasteiger charge is 2.17. The molecule has 0 saturated heterocycles. The van der Waals surface area contributed by atoms with Crippen molar-refractivity contribution in [1.29, 1.82) is 0 Å². The smallest absolute Gasteiger partial charge is 0.122 e. The maximum atomic E-state index is 6.43. The van der Waals surface area contributed by atoms with Gasteiger partial charge in [-0.3, -0.25) is 0 Å². The molecule has 2 aromatic carbocycles. The quantitative estimate of drug-likeness (QED) is 0.869. The Hall–Kier alpha value is -1.45. The number of benzene rings is 2. The van der Waals surface area contributed by atoms with Crippen LogP contribution in [-0.4, -0.2) is 12.9 Å². The number of hydrogen-bond donors (Lipinski definition) is 1. The van der Waals surface area contributed by atoms with E-state index in [4.69, 9.17) is 10.5 Å². The summed E-state index contributed by atoms with van der Waals surface area (Å²) in [5.74, 6) is 1.01. The third-order valence-corrected chi connectivity index (χ3v) is 4.36. The van der Waals surface area contributed by atoms with Crippen molar-refractivity contribution in [1.82, 2.24) is 0 Å². The topological polar surface area (TPSA) is 35.2 Å². The number of thioether (sulfide) groups is 1. The SMILES string of the molecule is CSc1ccccc1C(N)c1ccc2c(c1)CCO2. The summed E-state index contributed by atoms with van der Waals surface area (Å²) < 4.78 is 5.54. The normalized spacial score (nSPS) is 14.8. The summed E-state index contributed by atoms with van der Waals surface area (Å²) in [6, 6.07) is 14.6. The first-order chi connectivity index (χ1) is 9.29. The van der Waals surface area contributed by atoms with Crippen LogP contribution in [0.15, 0.2) is 47.4 Å². The summed E-state index contributed by atoms with van der Waals surface area (Å²) in [6.45, 7) is 0.787. The third-order valence-electron chi connectivity index (χ3n) is 3.55. The lowest BCUT2D eigenvalue weighted by atomic mass is 9.97. The maximum absolute atomic E-state index is 6.43. The molecule has 1 aliphatic heterocycles. The number of nitrogens with two attached hydrogens (primary N) is 1. The van der Waals surface area contributed by atoms with Gasteiger partial charge in [0.2, 0.25) is 0 Å². The second-order valence-corrected chi connectivity index (χ2v) is 5.53. The summed E-state index contributed by atoms with van der Waals surface area (Å²) in [7, 11) is 0. The van der Waals surface area contributed by atoms with Crippen molar-refractivity contribution in [2.45, 2.75) is 17.4 Å². The Morgan fingerprint density at radius 1 is 1.21 bits per heavy atom. The van der Waals surface area contributed by atoms with Gasteiger partial charge in [0.15, 0.2) is 0 Å². The minimum Gasteiger partial charge on any atom is -0.493 e. The van der Waals surface area contributed by atoms with Crippen molar-refractivity contribution >= 4 is 11.8 Å². The van der Waals surface area contributed by atoms with Crippen LogP contribution in [0.4, 0.5) is 0 Å². The van der Waals surface area contributed by atoms with E-state index in [1.807, 2.05) is 12.1 Å². The van der Waals surface area contributed by atoms with E-state index in [-0.39, 0.29) is 6.04 Å². The summed E-state index contributed by atoms with van der Waals surface area (Å²) >= 11 is 1.74. The second kappa shape index (κ2) is 5.27. The lowest BCUT2D eigenvalue weighted by molar-refractivity contribution is 0.357. The van der Waals surface area contributed by atoms with Crippen LogP contribution in [0.25, 0.3) is 0 Å². The average Bonchev–Trinajstić information content (AvgIpc) is 2.93. The zero-order valence-electron chi connectivity index (χ0n) is 10.9. The van der Waals surface area contributed by atoms with E-state index in [9.17, 15) is 0 Å². The van der Waals surface area contributed by atoms with Crippen molar-refractivity contribution in [2.24, 2.45) is 5.73 Å². The highest BCUT2D eigenvalue weighted by Crippen LogP contribution is 2.32. The molecule has 19 heavy (non-hydrogen) atoms. The molecule has 98 valence electrons. The predicted octanol–water partition coefficient (Wildman–Crippen LogP) is 3.39. The number of hydrogen-bond acceptors (Lipinski definition) is 3. The molecule has 3 rings (SSSR count). The molecule has 1 atom stereocenters. The molecule has 0 aromatic heterocycles. The van der Waals surface area contributed by atoms with Gasteiger partial charge in [-0.1, -0.05) is 30.3 Å². The Morgan fingerprint density at radius 2 is 2.05 bits per heavy atom. The molecule has 0 saturated carbocycles. The Labute approximate surface area is 118 Å². The van der Waals surface area contributed by atoms with Crippen molar-refractivity contribution in [2.75, 3.05) is 12.9 Å². The minimum atomic E-state index is -0.0745. The molecule has 0 radical (unpaired) electrons. The van der Waals surface area contributed by atoms with E-state index >= 15 is 0 Å². The van der Waals surface area contributed by atoms with Gasteiger partial charge in [-0.2, -0.15) is 0 Å². The van der Waals surface area contributed by atoms with E-state index in [1.165, 1.54) is 16.0 Å². The van der Waals surface area contributed by atoms with Crippen molar-refractivity contribution in [3.05, 3.63) is 59.2 Å². The lowest BCUT2D eigenvalue weighted by Crippen LogP contribution is -2.13.